The molecule has 2 N–H and O–H groups in total. The minimum absolute atomic E-state index is 0.619. The summed E-state index contributed by atoms with van der Waals surface area (Å²) in [5.74, 6) is 1.37. The third kappa shape index (κ3) is 3.55. The molecule has 0 saturated carbocycles. The summed E-state index contributed by atoms with van der Waals surface area (Å²) in [6.07, 6.45) is 1.74. The van der Waals surface area contributed by atoms with Crippen LogP contribution in [0.15, 0.2) is 34.9 Å². The Hall–Kier alpha value is -0.890. The van der Waals surface area contributed by atoms with Crippen LogP contribution in [-0.2, 0) is 0 Å². The Kier molecular flexibility index (Phi) is 4.76. The molecule has 0 unspecified atom stereocenters. The molecular weight excluding hydrogens is 407 g/mol. The van der Waals surface area contributed by atoms with Crippen molar-refractivity contribution < 1.29 is 0 Å². The Morgan fingerprint density at radius 1 is 1.28 bits per heavy atom. The highest BCUT2D eigenvalue weighted by Gasteiger charge is 2.04. The molecule has 1 heterocycles. The lowest BCUT2D eigenvalue weighted by Gasteiger charge is -2.09. The molecule has 0 bridgehead atoms. The zero-order valence-electron chi connectivity index (χ0n) is 9.74. The first-order chi connectivity index (χ1) is 8.69. The monoisotopic (exact) mass is 418 g/mol. The molecule has 2 aromatic rings. The molecule has 6 heteroatoms. The third-order valence-corrected chi connectivity index (χ3v) is 3.49. The lowest BCUT2D eigenvalue weighted by atomic mass is 10.3. The SMILES string of the molecule is CCNc1ncc(Br)c(Nc2ccc(I)cc2)n1. The highest BCUT2D eigenvalue weighted by Crippen LogP contribution is 2.24. The number of aromatic nitrogens is 2. The van der Waals surface area contributed by atoms with E-state index in [9.17, 15) is 0 Å². The van der Waals surface area contributed by atoms with Gasteiger partial charge in [0.05, 0.1) is 4.47 Å². The summed E-state index contributed by atoms with van der Waals surface area (Å²) in [5.41, 5.74) is 0.997. The van der Waals surface area contributed by atoms with Crippen molar-refractivity contribution in [1.82, 2.24) is 9.97 Å². The fraction of sp³-hybridized carbons (Fsp3) is 0.167. The van der Waals surface area contributed by atoms with Crippen LogP contribution in [0.25, 0.3) is 0 Å². The van der Waals surface area contributed by atoms with Gasteiger partial charge in [0.2, 0.25) is 5.95 Å². The van der Waals surface area contributed by atoms with Crippen molar-refractivity contribution in [2.45, 2.75) is 6.92 Å². The van der Waals surface area contributed by atoms with E-state index in [0.29, 0.717) is 5.95 Å². The summed E-state index contributed by atoms with van der Waals surface area (Å²) < 4.78 is 2.04. The van der Waals surface area contributed by atoms with E-state index in [1.165, 1.54) is 3.57 Å². The van der Waals surface area contributed by atoms with E-state index in [1.54, 1.807) is 6.20 Å². The minimum atomic E-state index is 0.619. The number of anilines is 3. The van der Waals surface area contributed by atoms with Crippen LogP contribution in [0.4, 0.5) is 17.5 Å². The molecule has 1 aromatic heterocycles. The van der Waals surface area contributed by atoms with Crippen molar-refractivity contribution in [3.05, 3.63) is 38.5 Å². The van der Waals surface area contributed by atoms with Gasteiger partial charge in [-0.05, 0) is 69.7 Å². The standard InChI is InChI=1S/C12H12BrIN4/c1-2-15-12-16-7-10(13)11(18-12)17-9-5-3-8(14)4-6-9/h3-7H,2H2,1H3,(H2,15,16,17,18). The van der Waals surface area contributed by atoms with Crippen molar-refractivity contribution in [3.63, 3.8) is 0 Å². The molecule has 4 nitrogen and oxygen atoms in total. The summed E-state index contributed by atoms with van der Waals surface area (Å²) in [4.78, 5) is 8.57. The smallest absolute Gasteiger partial charge is 0.224 e. The second kappa shape index (κ2) is 6.33. The maximum Gasteiger partial charge on any atom is 0.224 e. The highest BCUT2D eigenvalue weighted by atomic mass is 127. The molecule has 0 aliphatic heterocycles. The van der Waals surface area contributed by atoms with Crippen LogP contribution >= 0.6 is 38.5 Å². The molecule has 0 fully saturated rings. The number of hydrogen-bond acceptors (Lipinski definition) is 4. The van der Waals surface area contributed by atoms with Crippen LogP contribution in [0.2, 0.25) is 0 Å². The van der Waals surface area contributed by atoms with Crippen molar-refractivity contribution in [2.24, 2.45) is 0 Å². The largest absolute Gasteiger partial charge is 0.354 e. The summed E-state index contributed by atoms with van der Waals surface area (Å²) >= 11 is 5.71. The van der Waals surface area contributed by atoms with Crippen LogP contribution < -0.4 is 10.6 Å². The van der Waals surface area contributed by atoms with E-state index in [1.807, 2.05) is 31.2 Å². The number of rotatable bonds is 4. The maximum absolute atomic E-state index is 4.40. The number of benzene rings is 1. The maximum atomic E-state index is 4.40. The van der Waals surface area contributed by atoms with Gasteiger partial charge in [-0.3, -0.25) is 0 Å². The Labute approximate surface area is 128 Å². The van der Waals surface area contributed by atoms with Gasteiger partial charge in [-0.2, -0.15) is 4.98 Å². The van der Waals surface area contributed by atoms with Gasteiger partial charge in [0.25, 0.3) is 0 Å². The molecule has 0 saturated heterocycles. The molecule has 0 spiro atoms. The summed E-state index contributed by atoms with van der Waals surface area (Å²) in [6.45, 7) is 2.81. The van der Waals surface area contributed by atoms with Crippen LogP contribution in [0, 0.1) is 3.57 Å². The van der Waals surface area contributed by atoms with Crippen LogP contribution in [0.1, 0.15) is 6.92 Å². The zero-order valence-corrected chi connectivity index (χ0v) is 13.5. The van der Waals surface area contributed by atoms with Gasteiger partial charge < -0.3 is 10.6 Å². The van der Waals surface area contributed by atoms with Gasteiger partial charge in [0.1, 0.15) is 5.82 Å². The van der Waals surface area contributed by atoms with E-state index in [-0.39, 0.29) is 0 Å². The second-order valence-corrected chi connectivity index (χ2v) is 5.65. The number of halogens is 2. The molecule has 18 heavy (non-hydrogen) atoms. The summed E-state index contributed by atoms with van der Waals surface area (Å²) in [5, 5.41) is 6.34. The van der Waals surface area contributed by atoms with Crippen molar-refractivity contribution >= 4 is 56.0 Å². The first-order valence-electron chi connectivity index (χ1n) is 5.48. The lowest BCUT2D eigenvalue weighted by molar-refractivity contribution is 1.08. The fourth-order valence-corrected chi connectivity index (χ4v) is 2.02. The van der Waals surface area contributed by atoms with E-state index in [4.69, 9.17) is 0 Å². The predicted molar refractivity (Wildman–Crippen MR) is 86.3 cm³/mol. The average Bonchev–Trinajstić information content (AvgIpc) is 2.36. The van der Waals surface area contributed by atoms with Gasteiger partial charge in [-0.1, -0.05) is 0 Å². The first kappa shape index (κ1) is 13.5. The van der Waals surface area contributed by atoms with Gasteiger partial charge >= 0.3 is 0 Å². The van der Waals surface area contributed by atoms with Crippen molar-refractivity contribution in [3.8, 4) is 0 Å². The fourth-order valence-electron chi connectivity index (χ4n) is 1.37. The first-order valence-corrected chi connectivity index (χ1v) is 7.35. The molecule has 0 aliphatic carbocycles. The quantitative estimate of drug-likeness (QED) is 0.736. The zero-order chi connectivity index (χ0) is 13.0. The molecule has 0 amide bonds. The van der Waals surface area contributed by atoms with Crippen LogP contribution in [0.3, 0.4) is 0 Å². The summed E-state index contributed by atoms with van der Waals surface area (Å²) in [7, 11) is 0. The lowest BCUT2D eigenvalue weighted by Crippen LogP contribution is -2.04. The van der Waals surface area contributed by atoms with Crippen LogP contribution in [-0.4, -0.2) is 16.5 Å². The van der Waals surface area contributed by atoms with Gasteiger partial charge in [0, 0.05) is 22.0 Å². The molecule has 94 valence electrons. The Morgan fingerprint density at radius 2 is 2.00 bits per heavy atom. The molecule has 1 aromatic carbocycles. The molecule has 0 atom stereocenters. The van der Waals surface area contributed by atoms with Crippen molar-refractivity contribution in [2.75, 3.05) is 17.2 Å². The predicted octanol–water partition coefficient (Wildman–Crippen LogP) is 4.02. The number of nitrogens with one attached hydrogen (secondary N) is 2. The molecule has 0 aliphatic rings. The van der Waals surface area contributed by atoms with E-state index < -0.39 is 0 Å². The Balaban J connectivity index is 2.22. The minimum Gasteiger partial charge on any atom is -0.354 e. The topological polar surface area (TPSA) is 49.8 Å². The van der Waals surface area contributed by atoms with E-state index >= 15 is 0 Å². The van der Waals surface area contributed by atoms with Gasteiger partial charge in [-0.25, -0.2) is 4.98 Å². The third-order valence-electron chi connectivity index (χ3n) is 2.19. The van der Waals surface area contributed by atoms with Crippen molar-refractivity contribution in [1.29, 1.82) is 0 Å². The van der Waals surface area contributed by atoms with E-state index in [2.05, 4.69) is 59.1 Å². The van der Waals surface area contributed by atoms with Crippen LogP contribution in [0.5, 0.6) is 0 Å². The highest BCUT2D eigenvalue weighted by molar-refractivity contribution is 14.1. The van der Waals surface area contributed by atoms with Gasteiger partial charge in [0.15, 0.2) is 0 Å². The number of nitrogens with zero attached hydrogens (tertiary/aromatic N) is 2. The van der Waals surface area contributed by atoms with Gasteiger partial charge in [-0.15, -0.1) is 0 Å². The average molecular weight is 419 g/mol. The number of hydrogen-bond donors (Lipinski definition) is 2. The second-order valence-electron chi connectivity index (χ2n) is 3.55. The normalized spacial score (nSPS) is 10.2. The molecular formula is C12H12BrIN4. The Morgan fingerprint density at radius 3 is 2.67 bits per heavy atom. The van der Waals surface area contributed by atoms with E-state index in [0.717, 1.165) is 22.5 Å². The Bertz CT molecular complexity index is 530. The summed E-state index contributed by atoms with van der Waals surface area (Å²) in [6, 6.07) is 8.12. The molecule has 2 rings (SSSR count). The molecule has 0 radical (unpaired) electrons.